The fourth-order valence-corrected chi connectivity index (χ4v) is 1.98. The normalized spacial score (nSPS) is 12.2. The minimum absolute atomic E-state index is 0.0151. The predicted molar refractivity (Wildman–Crippen MR) is 77.2 cm³/mol. The van der Waals surface area contributed by atoms with Crippen molar-refractivity contribution in [1.82, 2.24) is 10.3 Å². The molecule has 0 radical (unpaired) electrons. The molecule has 0 amide bonds. The SMILES string of the molecule is CNCc1nc(C)ccc1OC(C)c1ccccc1. The Morgan fingerprint density at radius 2 is 1.89 bits per heavy atom. The van der Waals surface area contributed by atoms with Crippen molar-refractivity contribution in [3.05, 3.63) is 59.4 Å². The van der Waals surface area contributed by atoms with Crippen molar-refractivity contribution < 1.29 is 4.74 Å². The van der Waals surface area contributed by atoms with Crippen LogP contribution in [-0.4, -0.2) is 12.0 Å². The van der Waals surface area contributed by atoms with E-state index in [0.717, 1.165) is 17.1 Å². The Morgan fingerprint density at radius 1 is 1.16 bits per heavy atom. The molecule has 0 saturated carbocycles. The van der Waals surface area contributed by atoms with E-state index in [2.05, 4.69) is 29.4 Å². The van der Waals surface area contributed by atoms with Crippen LogP contribution >= 0.6 is 0 Å². The fraction of sp³-hybridized carbons (Fsp3) is 0.312. The average Bonchev–Trinajstić information content (AvgIpc) is 2.43. The summed E-state index contributed by atoms with van der Waals surface area (Å²) in [4.78, 5) is 4.52. The number of aromatic nitrogens is 1. The van der Waals surface area contributed by atoms with Crippen LogP contribution in [0.25, 0.3) is 0 Å². The van der Waals surface area contributed by atoms with Gasteiger partial charge < -0.3 is 10.1 Å². The van der Waals surface area contributed by atoms with Gasteiger partial charge in [-0.3, -0.25) is 4.98 Å². The molecular formula is C16H20N2O. The highest BCUT2D eigenvalue weighted by Gasteiger charge is 2.11. The number of nitrogens with one attached hydrogen (secondary N) is 1. The number of rotatable bonds is 5. The molecular weight excluding hydrogens is 236 g/mol. The van der Waals surface area contributed by atoms with Crippen molar-refractivity contribution >= 4 is 0 Å². The first-order chi connectivity index (χ1) is 9.20. The third-order valence-electron chi connectivity index (χ3n) is 2.99. The predicted octanol–water partition coefficient (Wildman–Crippen LogP) is 3.25. The van der Waals surface area contributed by atoms with Gasteiger partial charge in [-0.05, 0) is 38.6 Å². The van der Waals surface area contributed by atoms with Crippen LogP contribution < -0.4 is 10.1 Å². The average molecular weight is 256 g/mol. The standard InChI is InChI=1S/C16H20N2O/c1-12-9-10-16(15(18-12)11-17-3)19-13(2)14-7-5-4-6-8-14/h4-10,13,17H,11H2,1-3H3. The molecule has 0 fully saturated rings. The Bertz CT molecular complexity index is 526. The molecule has 19 heavy (non-hydrogen) atoms. The van der Waals surface area contributed by atoms with Gasteiger partial charge in [-0.25, -0.2) is 0 Å². The van der Waals surface area contributed by atoms with E-state index in [1.807, 2.05) is 44.3 Å². The number of benzene rings is 1. The van der Waals surface area contributed by atoms with Gasteiger partial charge >= 0.3 is 0 Å². The second-order valence-corrected chi connectivity index (χ2v) is 4.60. The molecule has 1 heterocycles. The molecule has 0 aliphatic rings. The second-order valence-electron chi connectivity index (χ2n) is 4.60. The zero-order valence-electron chi connectivity index (χ0n) is 11.7. The molecule has 0 aliphatic carbocycles. The van der Waals surface area contributed by atoms with Gasteiger partial charge in [0, 0.05) is 12.2 Å². The minimum Gasteiger partial charge on any atom is -0.484 e. The summed E-state index contributed by atoms with van der Waals surface area (Å²) in [5.74, 6) is 0.844. The number of nitrogens with zero attached hydrogens (tertiary/aromatic N) is 1. The summed E-state index contributed by atoms with van der Waals surface area (Å²) in [6, 6.07) is 14.2. The third kappa shape index (κ3) is 3.55. The van der Waals surface area contributed by atoms with Gasteiger partial charge in [0.2, 0.25) is 0 Å². The Labute approximate surface area is 114 Å². The zero-order chi connectivity index (χ0) is 13.7. The molecule has 1 aromatic carbocycles. The van der Waals surface area contributed by atoms with Crippen LogP contribution in [0.3, 0.4) is 0 Å². The second kappa shape index (κ2) is 6.34. The van der Waals surface area contributed by atoms with E-state index in [9.17, 15) is 0 Å². The Morgan fingerprint density at radius 3 is 2.58 bits per heavy atom. The van der Waals surface area contributed by atoms with Gasteiger partial charge in [0.25, 0.3) is 0 Å². The number of pyridine rings is 1. The van der Waals surface area contributed by atoms with E-state index in [-0.39, 0.29) is 6.10 Å². The van der Waals surface area contributed by atoms with E-state index in [1.54, 1.807) is 0 Å². The highest BCUT2D eigenvalue weighted by atomic mass is 16.5. The molecule has 1 aromatic heterocycles. The van der Waals surface area contributed by atoms with E-state index in [1.165, 1.54) is 5.56 Å². The largest absolute Gasteiger partial charge is 0.484 e. The van der Waals surface area contributed by atoms with E-state index in [4.69, 9.17) is 4.74 Å². The van der Waals surface area contributed by atoms with Gasteiger partial charge in [0.1, 0.15) is 11.9 Å². The first-order valence-electron chi connectivity index (χ1n) is 6.53. The number of ether oxygens (including phenoxy) is 1. The smallest absolute Gasteiger partial charge is 0.143 e. The molecule has 0 bridgehead atoms. The molecule has 0 spiro atoms. The summed E-state index contributed by atoms with van der Waals surface area (Å²) in [7, 11) is 1.91. The molecule has 100 valence electrons. The summed E-state index contributed by atoms with van der Waals surface area (Å²) in [6.07, 6.45) is 0.0151. The van der Waals surface area contributed by atoms with Crippen molar-refractivity contribution in [2.45, 2.75) is 26.5 Å². The van der Waals surface area contributed by atoms with Crippen molar-refractivity contribution in [1.29, 1.82) is 0 Å². The topological polar surface area (TPSA) is 34.2 Å². The quantitative estimate of drug-likeness (QED) is 0.891. The first kappa shape index (κ1) is 13.6. The number of aryl methyl sites for hydroxylation is 1. The van der Waals surface area contributed by atoms with E-state index >= 15 is 0 Å². The zero-order valence-corrected chi connectivity index (χ0v) is 11.7. The fourth-order valence-electron chi connectivity index (χ4n) is 1.98. The third-order valence-corrected chi connectivity index (χ3v) is 2.99. The highest BCUT2D eigenvalue weighted by molar-refractivity contribution is 5.30. The maximum absolute atomic E-state index is 6.04. The maximum atomic E-state index is 6.04. The molecule has 0 aliphatic heterocycles. The molecule has 1 atom stereocenters. The lowest BCUT2D eigenvalue weighted by molar-refractivity contribution is 0.223. The van der Waals surface area contributed by atoms with Crippen LogP contribution in [-0.2, 0) is 6.54 Å². The van der Waals surface area contributed by atoms with Crippen molar-refractivity contribution in [3.63, 3.8) is 0 Å². The van der Waals surface area contributed by atoms with E-state index < -0.39 is 0 Å². The lowest BCUT2D eigenvalue weighted by Crippen LogP contribution is -2.11. The molecule has 0 saturated heterocycles. The van der Waals surface area contributed by atoms with Crippen molar-refractivity contribution in [2.24, 2.45) is 0 Å². The van der Waals surface area contributed by atoms with Gasteiger partial charge in [0.05, 0.1) is 5.69 Å². The van der Waals surface area contributed by atoms with Crippen LogP contribution in [0.4, 0.5) is 0 Å². The Hall–Kier alpha value is -1.87. The summed E-state index contributed by atoms with van der Waals surface area (Å²) in [5, 5.41) is 3.12. The summed E-state index contributed by atoms with van der Waals surface area (Å²) < 4.78 is 6.04. The van der Waals surface area contributed by atoms with Gasteiger partial charge in [-0.15, -0.1) is 0 Å². The highest BCUT2D eigenvalue weighted by Crippen LogP contribution is 2.24. The summed E-state index contributed by atoms with van der Waals surface area (Å²) in [5.41, 5.74) is 3.12. The lowest BCUT2D eigenvalue weighted by Gasteiger charge is -2.17. The lowest BCUT2D eigenvalue weighted by atomic mass is 10.1. The Kier molecular flexibility index (Phi) is 4.53. The van der Waals surface area contributed by atoms with Crippen LogP contribution in [0, 0.1) is 6.92 Å². The van der Waals surface area contributed by atoms with Gasteiger partial charge in [-0.2, -0.15) is 0 Å². The number of hydrogen-bond donors (Lipinski definition) is 1. The number of hydrogen-bond acceptors (Lipinski definition) is 3. The molecule has 3 nitrogen and oxygen atoms in total. The summed E-state index contributed by atoms with van der Waals surface area (Å²) in [6.45, 7) is 4.75. The van der Waals surface area contributed by atoms with Crippen molar-refractivity contribution in [3.8, 4) is 5.75 Å². The van der Waals surface area contributed by atoms with Crippen LogP contribution in [0.15, 0.2) is 42.5 Å². The maximum Gasteiger partial charge on any atom is 0.143 e. The molecule has 2 rings (SSSR count). The molecule has 1 N–H and O–H groups in total. The van der Waals surface area contributed by atoms with E-state index in [0.29, 0.717) is 6.54 Å². The minimum atomic E-state index is 0.0151. The van der Waals surface area contributed by atoms with Gasteiger partial charge in [0.15, 0.2) is 0 Å². The first-order valence-corrected chi connectivity index (χ1v) is 6.53. The molecule has 1 unspecified atom stereocenters. The van der Waals surface area contributed by atoms with Crippen LogP contribution in [0.5, 0.6) is 5.75 Å². The van der Waals surface area contributed by atoms with Crippen LogP contribution in [0.2, 0.25) is 0 Å². The van der Waals surface area contributed by atoms with Crippen LogP contribution in [0.1, 0.15) is 30.0 Å². The van der Waals surface area contributed by atoms with Gasteiger partial charge in [-0.1, -0.05) is 30.3 Å². The Balaban J connectivity index is 2.18. The molecule has 3 heteroatoms. The molecule has 2 aromatic rings. The van der Waals surface area contributed by atoms with Crippen molar-refractivity contribution in [2.75, 3.05) is 7.05 Å². The monoisotopic (exact) mass is 256 g/mol. The summed E-state index contributed by atoms with van der Waals surface area (Å²) >= 11 is 0.